The summed E-state index contributed by atoms with van der Waals surface area (Å²) in [4.78, 5) is 32.5. The number of aliphatic hydroxyl groups is 2. The molecule has 0 rings (SSSR count). The smallest absolute Gasteiger partial charge is 0.240 e. The lowest BCUT2D eigenvalue weighted by Crippen LogP contribution is -2.50. The third-order valence-corrected chi connectivity index (χ3v) is 1.91. The minimum Gasteiger partial charge on any atom is -0.394 e. The average Bonchev–Trinajstić information content (AvgIpc) is 2.31. The van der Waals surface area contributed by atoms with Crippen LogP contribution in [-0.4, -0.2) is 59.7 Å². The molecule has 17 heavy (non-hydrogen) atoms. The van der Waals surface area contributed by atoms with Gasteiger partial charge in [-0.15, -0.1) is 0 Å². The Hall–Kier alpha value is -1.51. The van der Waals surface area contributed by atoms with Crippen molar-refractivity contribution in [1.29, 1.82) is 0 Å². The molecule has 97 valence electrons. The molecule has 8 nitrogen and oxygen atoms in total. The van der Waals surface area contributed by atoms with Crippen LogP contribution in [0, 0.1) is 0 Å². The van der Waals surface area contributed by atoms with Gasteiger partial charge in [0.15, 0.2) is 0 Å². The van der Waals surface area contributed by atoms with E-state index in [1.165, 1.54) is 13.2 Å². The molecule has 0 aliphatic carbocycles. The van der Waals surface area contributed by atoms with E-state index in [-0.39, 0.29) is 0 Å². The Bertz CT molecular complexity index is 282. The van der Waals surface area contributed by atoms with Crippen LogP contribution < -0.4 is 16.4 Å². The Labute approximate surface area is 98.2 Å². The largest absolute Gasteiger partial charge is 0.394 e. The molecule has 0 aromatic rings. The zero-order valence-electron chi connectivity index (χ0n) is 9.34. The van der Waals surface area contributed by atoms with Gasteiger partial charge in [-0.3, -0.25) is 14.4 Å². The van der Waals surface area contributed by atoms with Gasteiger partial charge in [0.1, 0.15) is 12.1 Å². The van der Waals surface area contributed by atoms with Crippen LogP contribution in [-0.2, 0) is 14.4 Å². The minimum absolute atomic E-state index is 0.405. The maximum atomic E-state index is 11.2. The summed E-state index contributed by atoms with van der Waals surface area (Å²) in [6, 6.07) is -2.25. The van der Waals surface area contributed by atoms with Crippen LogP contribution in [0.3, 0.4) is 0 Å². The molecule has 0 saturated carbocycles. The number of rotatable bonds is 7. The Morgan fingerprint density at radius 2 is 2.06 bits per heavy atom. The molecule has 0 aliphatic heterocycles. The van der Waals surface area contributed by atoms with Gasteiger partial charge >= 0.3 is 0 Å². The van der Waals surface area contributed by atoms with Crippen LogP contribution in [0.1, 0.15) is 6.92 Å². The fourth-order valence-electron chi connectivity index (χ4n) is 0.862. The van der Waals surface area contributed by atoms with E-state index in [2.05, 4.69) is 10.6 Å². The summed E-state index contributed by atoms with van der Waals surface area (Å²) in [5, 5.41) is 21.9. The lowest BCUT2D eigenvalue weighted by molar-refractivity contribution is -0.128. The number of carbonyl (C=O) groups excluding carboxylic acids is 3. The molecule has 0 bridgehead atoms. The highest BCUT2D eigenvalue weighted by Gasteiger charge is 2.19. The highest BCUT2D eigenvalue weighted by molar-refractivity contribution is 5.88. The quantitative estimate of drug-likeness (QED) is 0.314. The normalized spacial score (nSPS) is 15.5. The molecule has 0 unspecified atom stereocenters. The predicted octanol–water partition coefficient (Wildman–Crippen LogP) is -3.60. The van der Waals surface area contributed by atoms with Crippen molar-refractivity contribution in [1.82, 2.24) is 10.6 Å². The number of aliphatic hydroxyl groups excluding tert-OH is 2. The van der Waals surface area contributed by atoms with Crippen molar-refractivity contribution >= 4 is 18.1 Å². The van der Waals surface area contributed by atoms with Crippen LogP contribution in [0.2, 0.25) is 0 Å². The van der Waals surface area contributed by atoms with Crippen molar-refractivity contribution in [3.63, 3.8) is 0 Å². The van der Waals surface area contributed by atoms with Crippen LogP contribution in [0.4, 0.5) is 0 Å². The molecule has 8 heteroatoms. The lowest BCUT2D eigenvalue weighted by atomic mass is 10.2. The van der Waals surface area contributed by atoms with Crippen molar-refractivity contribution in [2.24, 2.45) is 5.73 Å². The van der Waals surface area contributed by atoms with Gasteiger partial charge in [0.25, 0.3) is 0 Å². The van der Waals surface area contributed by atoms with Gasteiger partial charge in [0.2, 0.25) is 18.1 Å². The van der Waals surface area contributed by atoms with Crippen molar-refractivity contribution in [2.45, 2.75) is 25.1 Å². The second-order valence-corrected chi connectivity index (χ2v) is 3.40. The SMILES string of the molecule is C[C@H](O)[C@H](N)C(=O)NCC(=O)N[C@H]([C]=O)CO. The van der Waals surface area contributed by atoms with E-state index >= 15 is 0 Å². The summed E-state index contributed by atoms with van der Waals surface area (Å²) in [7, 11) is 0. The molecule has 0 aromatic carbocycles. The first kappa shape index (κ1) is 15.5. The number of nitrogens with two attached hydrogens (primary N) is 1. The van der Waals surface area contributed by atoms with Crippen molar-refractivity contribution in [2.75, 3.05) is 13.2 Å². The predicted molar refractivity (Wildman–Crippen MR) is 57.4 cm³/mol. The summed E-state index contributed by atoms with van der Waals surface area (Å²) < 4.78 is 0. The molecule has 2 amide bonds. The average molecular weight is 246 g/mol. The highest BCUT2D eigenvalue weighted by atomic mass is 16.3. The van der Waals surface area contributed by atoms with E-state index in [4.69, 9.17) is 15.9 Å². The monoisotopic (exact) mass is 246 g/mol. The summed E-state index contributed by atoms with van der Waals surface area (Å²) in [6.45, 7) is 0.362. The van der Waals surface area contributed by atoms with Crippen LogP contribution in [0.25, 0.3) is 0 Å². The molecule has 0 fully saturated rings. The number of hydrogen-bond donors (Lipinski definition) is 5. The molecule has 0 heterocycles. The van der Waals surface area contributed by atoms with Gasteiger partial charge in [-0.2, -0.15) is 0 Å². The van der Waals surface area contributed by atoms with Crippen LogP contribution in [0.5, 0.6) is 0 Å². The zero-order valence-corrected chi connectivity index (χ0v) is 9.34. The third kappa shape index (κ3) is 5.95. The molecular weight excluding hydrogens is 230 g/mol. The Morgan fingerprint density at radius 1 is 1.47 bits per heavy atom. The number of carbonyl (C=O) groups is 2. The van der Waals surface area contributed by atoms with E-state index < -0.39 is 43.2 Å². The molecular formula is C9H16N3O5. The molecule has 0 aliphatic rings. The summed E-state index contributed by atoms with van der Waals surface area (Å²) in [6.07, 6.45) is 0.366. The van der Waals surface area contributed by atoms with Gasteiger partial charge in [-0.25, -0.2) is 0 Å². The number of hydrogen-bond acceptors (Lipinski definition) is 6. The molecule has 0 aromatic heterocycles. The van der Waals surface area contributed by atoms with Gasteiger partial charge < -0.3 is 26.6 Å². The fraction of sp³-hybridized carbons (Fsp3) is 0.667. The molecule has 0 spiro atoms. The lowest BCUT2D eigenvalue weighted by Gasteiger charge is -2.15. The Morgan fingerprint density at radius 3 is 2.47 bits per heavy atom. The van der Waals surface area contributed by atoms with Gasteiger partial charge in [0.05, 0.1) is 19.3 Å². The molecule has 6 N–H and O–H groups in total. The Kier molecular flexibility index (Phi) is 7.03. The fourth-order valence-corrected chi connectivity index (χ4v) is 0.862. The molecule has 3 atom stereocenters. The van der Waals surface area contributed by atoms with Crippen LogP contribution >= 0.6 is 0 Å². The van der Waals surface area contributed by atoms with Crippen molar-refractivity contribution in [3.05, 3.63) is 0 Å². The van der Waals surface area contributed by atoms with E-state index in [0.29, 0.717) is 0 Å². The summed E-state index contributed by atoms with van der Waals surface area (Å²) in [5.41, 5.74) is 5.30. The first-order valence-electron chi connectivity index (χ1n) is 4.91. The standard InChI is InChI=1S/C9H16N3O5/c1-5(15)8(10)9(17)11-2-7(16)12-6(3-13)4-14/h5-6,8,13,15H,2-3,10H2,1H3,(H,11,17)(H,12,16)/t5-,6-,8-/m0/s1. The zero-order chi connectivity index (χ0) is 13.4. The van der Waals surface area contributed by atoms with Gasteiger partial charge in [-0.05, 0) is 6.92 Å². The maximum absolute atomic E-state index is 11.2. The van der Waals surface area contributed by atoms with E-state index in [1.54, 1.807) is 0 Å². The van der Waals surface area contributed by atoms with Gasteiger partial charge in [0, 0.05) is 0 Å². The second kappa shape index (κ2) is 7.71. The Balaban J connectivity index is 3.99. The highest BCUT2D eigenvalue weighted by Crippen LogP contribution is 1.87. The second-order valence-electron chi connectivity index (χ2n) is 3.40. The van der Waals surface area contributed by atoms with Crippen molar-refractivity contribution in [3.8, 4) is 0 Å². The summed E-state index contributed by atoms with van der Waals surface area (Å²) >= 11 is 0. The molecule has 1 radical (unpaired) electrons. The number of amides is 2. The minimum atomic E-state index is -1.13. The van der Waals surface area contributed by atoms with E-state index in [0.717, 1.165) is 0 Å². The van der Waals surface area contributed by atoms with E-state index in [1.807, 2.05) is 0 Å². The van der Waals surface area contributed by atoms with E-state index in [9.17, 15) is 14.4 Å². The first-order valence-corrected chi connectivity index (χ1v) is 4.91. The number of nitrogens with one attached hydrogen (secondary N) is 2. The third-order valence-electron chi connectivity index (χ3n) is 1.91. The van der Waals surface area contributed by atoms with Crippen molar-refractivity contribution < 1.29 is 24.6 Å². The maximum Gasteiger partial charge on any atom is 0.240 e. The first-order chi connectivity index (χ1) is 7.92. The van der Waals surface area contributed by atoms with Gasteiger partial charge in [-0.1, -0.05) is 0 Å². The topological polar surface area (TPSA) is 142 Å². The molecule has 0 saturated heterocycles. The van der Waals surface area contributed by atoms with Crippen LogP contribution in [0.15, 0.2) is 0 Å². The summed E-state index contributed by atoms with van der Waals surface area (Å²) in [5.74, 6) is -1.36.